The van der Waals surface area contributed by atoms with Gasteiger partial charge in [0.15, 0.2) is 0 Å². The van der Waals surface area contributed by atoms with Crippen molar-refractivity contribution in [3.8, 4) is 5.75 Å². The highest BCUT2D eigenvalue weighted by molar-refractivity contribution is 7.90. The highest BCUT2D eigenvalue weighted by Gasteiger charge is 2.43. The molecule has 0 saturated heterocycles. The van der Waals surface area contributed by atoms with Gasteiger partial charge in [-0.2, -0.15) is 0 Å². The van der Waals surface area contributed by atoms with Crippen molar-refractivity contribution in [2.75, 3.05) is 30.3 Å². The molecule has 1 spiro atoms. The fraction of sp³-hybridized carbons (Fsp3) is 0.469. The van der Waals surface area contributed by atoms with E-state index in [0.29, 0.717) is 37.2 Å². The molecule has 41 heavy (non-hydrogen) atoms. The Bertz CT molecular complexity index is 1430. The van der Waals surface area contributed by atoms with Gasteiger partial charge in [-0.15, -0.1) is 13.2 Å². The monoisotopic (exact) mass is 598 g/mol. The first-order valence-electron chi connectivity index (χ1n) is 14.4. The zero-order chi connectivity index (χ0) is 29.2. The maximum absolute atomic E-state index is 13.1. The first kappa shape index (κ1) is 29.7. The molecule has 2 aromatic rings. The molecular formula is C32H39ClN2O5S. The number of carbonyl (C=O) groups excluding carboxylic acids is 1. The number of ether oxygens (including phenoxy) is 1. The molecule has 1 saturated carbocycles. The van der Waals surface area contributed by atoms with Crippen LogP contribution in [0.3, 0.4) is 0 Å². The number of rotatable bonds is 10. The Balaban J connectivity index is 1.48. The minimum Gasteiger partial charge on any atom is -0.490 e. The molecule has 1 heterocycles. The lowest BCUT2D eigenvalue weighted by atomic mass is 9.68. The molecule has 2 aromatic carbocycles. The summed E-state index contributed by atoms with van der Waals surface area (Å²) in [7, 11) is -3.79. The summed E-state index contributed by atoms with van der Waals surface area (Å²) in [5.74, 6) is 0.566. The zero-order valence-corrected chi connectivity index (χ0v) is 24.9. The maximum Gasteiger partial charge on any atom is 0.264 e. The summed E-state index contributed by atoms with van der Waals surface area (Å²) in [6, 6.07) is 11.3. The Morgan fingerprint density at radius 1 is 1.22 bits per heavy atom. The van der Waals surface area contributed by atoms with E-state index in [1.807, 2.05) is 6.07 Å². The summed E-state index contributed by atoms with van der Waals surface area (Å²) in [5, 5.41) is 11.0. The van der Waals surface area contributed by atoms with E-state index in [0.717, 1.165) is 49.4 Å². The average molecular weight is 599 g/mol. The first-order chi connectivity index (χ1) is 19.6. The van der Waals surface area contributed by atoms with Crippen molar-refractivity contribution < 1.29 is 23.1 Å². The molecule has 9 heteroatoms. The van der Waals surface area contributed by atoms with Crippen LogP contribution in [-0.2, 0) is 21.9 Å². The molecule has 7 nitrogen and oxygen atoms in total. The zero-order valence-electron chi connectivity index (χ0n) is 23.4. The molecule has 0 radical (unpaired) electrons. The number of hydrogen-bond donors (Lipinski definition) is 2. The van der Waals surface area contributed by atoms with Crippen molar-refractivity contribution >= 4 is 33.2 Å². The maximum atomic E-state index is 13.1. The minimum atomic E-state index is -3.79. The van der Waals surface area contributed by atoms with E-state index in [-0.39, 0.29) is 23.2 Å². The summed E-state index contributed by atoms with van der Waals surface area (Å²) >= 11 is 6.37. The molecule has 2 N–H and O–H groups in total. The standard InChI is InChI=1S/C32H39ClN2O5S/c1-3-5-15-41(38,39)34-31(37)24-10-13-30-29(18-24)35(19-25-9-8-22(25)17-27(36)4-2)20-32(21-40-30)14-6-7-23-16-26(33)11-12-28(23)32/h3-4,10-13,16,18,22,25,27,36H,1-2,5-9,14-15,17,19-21H2,(H,34,37)/t22-,25-,27+,32-/m0/s1. The number of aliphatic hydroxyl groups is 1. The fourth-order valence-electron chi connectivity index (χ4n) is 6.62. The number of nitrogens with zero attached hydrogens (tertiary/aromatic N) is 1. The molecule has 2 aliphatic carbocycles. The van der Waals surface area contributed by atoms with Crippen LogP contribution in [0.2, 0.25) is 5.02 Å². The number of sulfonamides is 1. The van der Waals surface area contributed by atoms with E-state index >= 15 is 0 Å². The van der Waals surface area contributed by atoms with Crippen molar-refractivity contribution in [2.45, 2.75) is 56.5 Å². The van der Waals surface area contributed by atoms with Crippen LogP contribution in [0, 0.1) is 11.8 Å². The van der Waals surface area contributed by atoms with Crippen molar-refractivity contribution in [1.29, 1.82) is 0 Å². The van der Waals surface area contributed by atoms with Gasteiger partial charge in [0.1, 0.15) is 5.75 Å². The third-order valence-electron chi connectivity index (χ3n) is 8.98. The normalized spacial score (nSPS) is 24.2. The van der Waals surface area contributed by atoms with Gasteiger partial charge in [-0.1, -0.05) is 29.8 Å². The van der Waals surface area contributed by atoms with E-state index in [9.17, 15) is 18.3 Å². The van der Waals surface area contributed by atoms with Gasteiger partial charge < -0.3 is 14.7 Å². The lowest BCUT2D eigenvalue weighted by Crippen LogP contribution is -2.48. The van der Waals surface area contributed by atoms with Crippen molar-refractivity contribution in [2.24, 2.45) is 11.8 Å². The lowest BCUT2D eigenvalue weighted by molar-refractivity contribution is 0.0980. The first-order valence-corrected chi connectivity index (χ1v) is 16.4. The van der Waals surface area contributed by atoms with E-state index < -0.39 is 22.0 Å². The molecule has 3 aliphatic rings. The predicted molar refractivity (Wildman–Crippen MR) is 163 cm³/mol. The number of amides is 1. The van der Waals surface area contributed by atoms with Crippen molar-refractivity contribution in [3.05, 3.63) is 83.4 Å². The number of hydrogen-bond acceptors (Lipinski definition) is 6. The SMILES string of the molecule is C=CCCS(=O)(=O)NC(=O)c1ccc2c(c1)N(C[C@@H]1CC[C@H]1C[C@H](O)C=C)C[C@@]1(CCCc3cc(Cl)ccc31)CO2. The summed E-state index contributed by atoms with van der Waals surface area (Å²) in [5.41, 5.74) is 3.30. The van der Waals surface area contributed by atoms with Gasteiger partial charge in [0, 0.05) is 29.1 Å². The van der Waals surface area contributed by atoms with Crippen LogP contribution in [0.15, 0.2) is 61.7 Å². The number of aliphatic hydroxyl groups excluding tert-OH is 1. The van der Waals surface area contributed by atoms with E-state index in [4.69, 9.17) is 16.3 Å². The van der Waals surface area contributed by atoms with Crippen LogP contribution in [0.4, 0.5) is 5.69 Å². The number of aryl methyl sites for hydroxylation is 1. The summed E-state index contributed by atoms with van der Waals surface area (Å²) in [4.78, 5) is 15.4. The van der Waals surface area contributed by atoms with Gasteiger partial charge in [0.25, 0.3) is 5.91 Å². The second-order valence-electron chi connectivity index (χ2n) is 11.8. The van der Waals surface area contributed by atoms with Gasteiger partial charge in [-0.25, -0.2) is 13.1 Å². The van der Waals surface area contributed by atoms with Crippen LogP contribution in [0.5, 0.6) is 5.75 Å². The minimum absolute atomic E-state index is 0.200. The Labute approximate surface area is 248 Å². The smallest absolute Gasteiger partial charge is 0.264 e. The van der Waals surface area contributed by atoms with E-state index in [1.165, 1.54) is 17.2 Å². The van der Waals surface area contributed by atoms with Crippen LogP contribution in [-0.4, -0.2) is 51.0 Å². The third kappa shape index (κ3) is 6.50. The highest BCUT2D eigenvalue weighted by Crippen LogP contribution is 2.46. The Morgan fingerprint density at radius 3 is 2.76 bits per heavy atom. The number of anilines is 1. The molecule has 0 aromatic heterocycles. The Morgan fingerprint density at radius 2 is 2.02 bits per heavy atom. The lowest BCUT2D eigenvalue weighted by Gasteiger charge is -2.45. The molecule has 4 atom stereocenters. The number of allylic oxidation sites excluding steroid dienone is 1. The van der Waals surface area contributed by atoms with Crippen LogP contribution < -0.4 is 14.4 Å². The predicted octanol–water partition coefficient (Wildman–Crippen LogP) is 5.41. The molecule has 1 aliphatic heterocycles. The second-order valence-corrected chi connectivity index (χ2v) is 14.0. The average Bonchev–Trinajstić information content (AvgIpc) is 3.09. The van der Waals surface area contributed by atoms with Gasteiger partial charge in [-0.05, 0) is 98.2 Å². The molecule has 1 amide bonds. The third-order valence-corrected chi connectivity index (χ3v) is 10.5. The molecule has 220 valence electrons. The topological polar surface area (TPSA) is 95.9 Å². The summed E-state index contributed by atoms with van der Waals surface area (Å²) in [6.45, 7) is 9.24. The van der Waals surface area contributed by atoms with Crippen molar-refractivity contribution in [3.63, 3.8) is 0 Å². The van der Waals surface area contributed by atoms with E-state index in [2.05, 4.69) is 34.9 Å². The number of carbonyl (C=O) groups is 1. The van der Waals surface area contributed by atoms with Gasteiger partial charge in [0.2, 0.25) is 10.0 Å². The molecular weight excluding hydrogens is 560 g/mol. The van der Waals surface area contributed by atoms with Crippen LogP contribution in [0.25, 0.3) is 0 Å². The number of benzene rings is 2. The van der Waals surface area contributed by atoms with E-state index in [1.54, 1.807) is 24.3 Å². The van der Waals surface area contributed by atoms with Gasteiger partial charge >= 0.3 is 0 Å². The van der Waals surface area contributed by atoms with Gasteiger partial charge in [0.05, 0.1) is 24.2 Å². The largest absolute Gasteiger partial charge is 0.490 e. The van der Waals surface area contributed by atoms with Crippen LogP contribution in [0.1, 0.15) is 60.0 Å². The summed E-state index contributed by atoms with van der Waals surface area (Å²) in [6.07, 6.45) is 8.59. The number of halogens is 1. The second kappa shape index (κ2) is 12.2. The number of nitrogens with one attached hydrogen (secondary N) is 1. The summed E-state index contributed by atoms with van der Waals surface area (Å²) < 4.78 is 33.5. The Hall–Kier alpha value is -2.81. The Kier molecular flexibility index (Phi) is 8.83. The number of fused-ring (bicyclic) bond motifs is 3. The molecule has 0 bridgehead atoms. The quantitative estimate of drug-likeness (QED) is 0.355. The van der Waals surface area contributed by atoms with Gasteiger partial charge in [-0.3, -0.25) is 4.79 Å². The molecule has 5 rings (SSSR count). The highest BCUT2D eigenvalue weighted by atomic mass is 35.5. The molecule has 0 unspecified atom stereocenters. The molecule has 1 fully saturated rings. The van der Waals surface area contributed by atoms with Crippen LogP contribution >= 0.6 is 11.6 Å². The fourth-order valence-corrected chi connectivity index (χ4v) is 7.80. The van der Waals surface area contributed by atoms with Crippen molar-refractivity contribution in [1.82, 2.24) is 4.72 Å².